The molecule has 2 aromatic carbocycles. The highest BCUT2D eigenvalue weighted by Crippen LogP contribution is 2.30. The van der Waals surface area contributed by atoms with Crippen LogP contribution in [0.3, 0.4) is 0 Å². The fourth-order valence-corrected chi connectivity index (χ4v) is 2.07. The summed E-state index contributed by atoms with van der Waals surface area (Å²) in [5.74, 6) is 1.18. The van der Waals surface area contributed by atoms with Gasteiger partial charge in [0.15, 0.2) is 5.75 Å². The van der Waals surface area contributed by atoms with Crippen molar-refractivity contribution in [1.82, 2.24) is 0 Å². The third-order valence-electron chi connectivity index (χ3n) is 3.35. The zero-order chi connectivity index (χ0) is 14.6. The molecule has 20 heavy (non-hydrogen) atoms. The molecule has 0 amide bonds. The molecule has 106 valence electrons. The zero-order valence-electron chi connectivity index (χ0n) is 12.6. The van der Waals surface area contributed by atoms with E-state index in [4.69, 9.17) is 9.78 Å². The van der Waals surface area contributed by atoms with Crippen LogP contribution in [-0.2, 0) is 10.5 Å². The highest BCUT2D eigenvalue weighted by molar-refractivity contribution is 5.35. The second kappa shape index (κ2) is 6.10. The lowest BCUT2D eigenvalue weighted by Crippen LogP contribution is -2.23. The molecule has 0 N–H and O–H groups in total. The summed E-state index contributed by atoms with van der Waals surface area (Å²) in [6, 6.07) is 18.1. The van der Waals surface area contributed by atoms with Gasteiger partial charge in [-0.1, -0.05) is 62.4 Å². The van der Waals surface area contributed by atoms with Crippen LogP contribution >= 0.6 is 0 Å². The second-order valence-electron chi connectivity index (χ2n) is 5.74. The SMILES string of the molecule is CC(C)c1ccccc1OOC(C)(C)c1ccccc1. The van der Waals surface area contributed by atoms with Gasteiger partial charge >= 0.3 is 0 Å². The van der Waals surface area contributed by atoms with E-state index in [0.717, 1.165) is 16.9 Å². The molecule has 0 fully saturated rings. The van der Waals surface area contributed by atoms with Gasteiger partial charge in [0.05, 0.1) is 0 Å². The van der Waals surface area contributed by atoms with E-state index in [1.807, 2.05) is 62.4 Å². The van der Waals surface area contributed by atoms with E-state index in [-0.39, 0.29) is 0 Å². The van der Waals surface area contributed by atoms with Gasteiger partial charge < -0.3 is 4.89 Å². The van der Waals surface area contributed by atoms with Crippen molar-refractivity contribution >= 4 is 0 Å². The van der Waals surface area contributed by atoms with Crippen LogP contribution in [-0.4, -0.2) is 0 Å². The lowest BCUT2D eigenvalue weighted by molar-refractivity contribution is -0.286. The Morgan fingerprint density at radius 2 is 1.45 bits per heavy atom. The molecule has 2 heteroatoms. The molecule has 0 atom stereocenters. The van der Waals surface area contributed by atoms with Crippen LogP contribution in [0.5, 0.6) is 5.75 Å². The second-order valence-corrected chi connectivity index (χ2v) is 5.74. The molecule has 0 saturated heterocycles. The molecule has 2 rings (SSSR count). The minimum Gasteiger partial charge on any atom is -0.336 e. The number of para-hydroxylation sites is 1. The third-order valence-corrected chi connectivity index (χ3v) is 3.35. The van der Waals surface area contributed by atoms with Crippen molar-refractivity contribution in [3.63, 3.8) is 0 Å². The molecule has 0 aromatic heterocycles. The molecular formula is C18H22O2. The molecule has 2 aromatic rings. The lowest BCUT2D eigenvalue weighted by Gasteiger charge is -2.25. The first-order valence-electron chi connectivity index (χ1n) is 7.01. The molecule has 0 aliphatic carbocycles. The van der Waals surface area contributed by atoms with Crippen LogP contribution in [0.25, 0.3) is 0 Å². The summed E-state index contributed by atoms with van der Waals surface area (Å²) in [6.45, 7) is 8.29. The monoisotopic (exact) mass is 270 g/mol. The summed E-state index contributed by atoms with van der Waals surface area (Å²) in [6.07, 6.45) is 0. The van der Waals surface area contributed by atoms with Crippen molar-refractivity contribution in [3.8, 4) is 5.75 Å². The smallest absolute Gasteiger partial charge is 0.168 e. The minimum atomic E-state index is -0.495. The highest BCUT2D eigenvalue weighted by Gasteiger charge is 2.24. The topological polar surface area (TPSA) is 18.5 Å². The van der Waals surface area contributed by atoms with E-state index in [0.29, 0.717) is 5.92 Å². The molecule has 0 radical (unpaired) electrons. The van der Waals surface area contributed by atoms with Crippen LogP contribution < -0.4 is 4.89 Å². The first-order chi connectivity index (χ1) is 9.50. The Kier molecular flexibility index (Phi) is 4.46. The summed E-state index contributed by atoms with van der Waals surface area (Å²) in [4.78, 5) is 11.3. The Morgan fingerprint density at radius 3 is 2.10 bits per heavy atom. The van der Waals surface area contributed by atoms with E-state index >= 15 is 0 Å². The van der Waals surface area contributed by atoms with E-state index in [2.05, 4.69) is 19.9 Å². The van der Waals surface area contributed by atoms with Crippen LogP contribution in [0.2, 0.25) is 0 Å². The maximum atomic E-state index is 5.69. The van der Waals surface area contributed by atoms with Crippen LogP contribution in [0.15, 0.2) is 54.6 Å². The average molecular weight is 270 g/mol. The fraction of sp³-hybridized carbons (Fsp3) is 0.333. The van der Waals surface area contributed by atoms with Gasteiger partial charge in [0.2, 0.25) is 0 Å². The van der Waals surface area contributed by atoms with Gasteiger partial charge in [-0.25, -0.2) is 0 Å². The maximum Gasteiger partial charge on any atom is 0.168 e. The number of rotatable bonds is 5. The Labute approximate surface area is 121 Å². The first kappa shape index (κ1) is 14.6. The zero-order valence-corrected chi connectivity index (χ0v) is 12.6. The summed E-state index contributed by atoms with van der Waals surface area (Å²) >= 11 is 0. The van der Waals surface area contributed by atoms with Crippen LogP contribution in [0.1, 0.15) is 44.7 Å². The van der Waals surface area contributed by atoms with Crippen molar-refractivity contribution < 1.29 is 9.78 Å². The predicted molar refractivity (Wildman–Crippen MR) is 81.7 cm³/mol. The number of hydrogen-bond donors (Lipinski definition) is 0. The van der Waals surface area contributed by atoms with Gasteiger partial charge in [-0.2, -0.15) is 4.89 Å². The summed E-state index contributed by atoms with van der Waals surface area (Å²) in [5, 5.41) is 0. The van der Waals surface area contributed by atoms with Crippen molar-refractivity contribution in [2.45, 2.75) is 39.2 Å². The van der Waals surface area contributed by atoms with Gasteiger partial charge in [0.25, 0.3) is 0 Å². The van der Waals surface area contributed by atoms with Gasteiger partial charge in [-0.3, -0.25) is 0 Å². The van der Waals surface area contributed by atoms with E-state index in [9.17, 15) is 0 Å². The van der Waals surface area contributed by atoms with Crippen LogP contribution in [0, 0.1) is 0 Å². The molecule has 0 bridgehead atoms. The first-order valence-corrected chi connectivity index (χ1v) is 7.01. The summed E-state index contributed by atoms with van der Waals surface area (Å²) < 4.78 is 0. The van der Waals surface area contributed by atoms with E-state index in [1.54, 1.807) is 0 Å². The maximum absolute atomic E-state index is 5.69. The molecule has 0 aliphatic rings. The fourth-order valence-electron chi connectivity index (χ4n) is 2.07. The van der Waals surface area contributed by atoms with Gasteiger partial charge in [-0.05, 0) is 31.4 Å². The minimum absolute atomic E-state index is 0.398. The van der Waals surface area contributed by atoms with Crippen molar-refractivity contribution in [3.05, 3.63) is 65.7 Å². The molecule has 0 heterocycles. The molecular weight excluding hydrogens is 248 g/mol. The van der Waals surface area contributed by atoms with Crippen LogP contribution in [0.4, 0.5) is 0 Å². The Morgan fingerprint density at radius 1 is 0.850 bits per heavy atom. The van der Waals surface area contributed by atoms with Gasteiger partial charge in [0.1, 0.15) is 5.60 Å². The highest BCUT2D eigenvalue weighted by atomic mass is 17.2. The summed E-state index contributed by atoms with van der Waals surface area (Å²) in [7, 11) is 0. The number of hydrogen-bond acceptors (Lipinski definition) is 2. The van der Waals surface area contributed by atoms with Crippen molar-refractivity contribution in [2.24, 2.45) is 0 Å². The van der Waals surface area contributed by atoms with Gasteiger partial charge in [0, 0.05) is 5.56 Å². The summed E-state index contributed by atoms with van der Waals surface area (Å²) in [5.41, 5.74) is 1.74. The number of benzene rings is 2. The molecule has 0 spiro atoms. The molecule has 0 saturated carbocycles. The Bertz CT molecular complexity index is 544. The largest absolute Gasteiger partial charge is 0.336 e. The molecule has 0 aliphatic heterocycles. The van der Waals surface area contributed by atoms with E-state index < -0.39 is 5.60 Å². The normalized spacial score (nSPS) is 11.7. The van der Waals surface area contributed by atoms with E-state index in [1.165, 1.54) is 0 Å². The molecule has 0 unspecified atom stereocenters. The predicted octanol–water partition coefficient (Wildman–Crippen LogP) is 5.06. The average Bonchev–Trinajstić information content (AvgIpc) is 2.46. The standard InChI is InChI=1S/C18H22O2/c1-14(2)16-12-8-9-13-17(16)19-20-18(3,4)15-10-6-5-7-11-15/h5-14H,1-4H3. The van der Waals surface area contributed by atoms with Gasteiger partial charge in [-0.15, -0.1) is 0 Å². The quantitative estimate of drug-likeness (QED) is 0.558. The third kappa shape index (κ3) is 3.40. The Hall–Kier alpha value is -1.80. The lowest BCUT2D eigenvalue weighted by atomic mass is 9.99. The van der Waals surface area contributed by atoms with Crippen molar-refractivity contribution in [2.75, 3.05) is 0 Å². The Balaban J connectivity index is 2.13. The molecule has 2 nitrogen and oxygen atoms in total. The van der Waals surface area contributed by atoms with Crippen molar-refractivity contribution in [1.29, 1.82) is 0 Å².